The van der Waals surface area contributed by atoms with Crippen molar-refractivity contribution in [2.45, 2.75) is 56.1 Å². The second-order valence-corrected chi connectivity index (χ2v) is 7.89. The zero-order valence-electron chi connectivity index (χ0n) is 14.7. The van der Waals surface area contributed by atoms with Crippen molar-refractivity contribution in [3.63, 3.8) is 0 Å². The van der Waals surface area contributed by atoms with Crippen molar-refractivity contribution < 1.29 is 9.53 Å². The highest BCUT2D eigenvalue weighted by Gasteiger charge is 2.27. The highest BCUT2D eigenvalue weighted by molar-refractivity contribution is 7.97. The molecule has 25 heavy (non-hydrogen) atoms. The fraction of sp³-hybridized carbons (Fsp3) is 0.500. The molecule has 1 aliphatic carbocycles. The monoisotopic (exact) mass is 356 g/mol. The Bertz CT molecular complexity index is 780. The molecule has 0 bridgehead atoms. The number of carbonyl (C=O) groups excluding carboxylic acids is 1. The maximum atomic E-state index is 12.3. The number of carbonyl (C=O) groups is 1. The van der Waals surface area contributed by atoms with Gasteiger partial charge in [-0.1, -0.05) is 24.3 Å². The zero-order chi connectivity index (χ0) is 17.2. The summed E-state index contributed by atoms with van der Waals surface area (Å²) in [6, 6.07) is 8.76. The maximum Gasteiger partial charge on any atom is 0.341 e. The highest BCUT2D eigenvalue weighted by Crippen LogP contribution is 2.42. The van der Waals surface area contributed by atoms with Gasteiger partial charge in [0.1, 0.15) is 5.56 Å². The molecule has 0 amide bonds. The first-order valence-electron chi connectivity index (χ1n) is 9.10. The summed E-state index contributed by atoms with van der Waals surface area (Å²) in [5.41, 5.74) is 5.60. The number of methoxy groups -OCH3 is 1. The molecule has 1 fully saturated rings. The van der Waals surface area contributed by atoms with E-state index >= 15 is 0 Å². The van der Waals surface area contributed by atoms with Gasteiger partial charge >= 0.3 is 5.97 Å². The van der Waals surface area contributed by atoms with E-state index < -0.39 is 0 Å². The number of aromatic nitrogens is 2. The Labute approximate surface area is 152 Å². The van der Waals surface area contributed by atoms with Gasteiger partial charge in [-0.15, -0.1) is 0 Å². The van der Waals surface area contributed by atoms with E-state index in [1.54, 1.807) is 0 Å². The summed E-state index contributed by atoms with van der Waals surface area (Å²) < 4.78 is 7.04. The molecular formula is C20H24N2O2S. The lowest BCUT2D eigenvalue weighted by Gasteiger charge is -2.13. The minimum absolute atomic E-state index is 0.239. The Morgan fingerprint density at radius 1 is 1.28 bits per heavy atom. The Morgan fingerprint density at radius 3 is 2.92 bits per heavy atom. The largest absolute Gasteiger partial charge is 0.465 e. The van der Waals surface area contributed by atoms with Crippen LogP contribution in [0.2, 0.25) is 0 Å². The molecule has 0 unspecified atom stereocenters. The van der Waals surface area contributed by atoms with Gasteiger partial charge in [-0.3, -0.25) is 4.68 Å². The van der Waals surface area contributed by atoms with Crippen LogP contribution in [0.3, 0.4) is 0 Å². The Hall–Kier alpha value is -1.75. The summed E-state index contributed by atoms with van der Waals surface area (Å²) in [5.74, 6) is 2.25. The van der Waals surface area contributed by atoms with Crippen molar-refractivity contribution in [1.82, 2.24) is 9.78 Å². The number of esters is 1. The van der Waals surface area contributed by atoms with Crippen molar-refractivity contribution in [2.75, 3.05) is 7.11 Å². The van der Waals surface area contributed by atoms with Crippen LogP contribution in [0.25, 0.3) is 0 Å². The molecule has 0 atom stereocenters. The van der Waals surface area contributed by atoms with Crippen LogP contribution in [-0.4, -0.2) is 22.9 Å². The topological polar surface area (TPSA) is 44.1 Å². The number of benzene rings is 1. The third-order valence-corrected chi connectivity index (χ3v) is 6.11. The molecular weight excluding hydrogens is 332 g/mol. The normalized spacial score (nSPS) is 16.5. The number of thioether (sulfide) groups is 1. The molecule has 0 saturated heterocycles. The lowest BCUT2D eigenvalue weighted by Crippen LogP contribution is -2.14. The molecule has 2 aromatic rings. The molecule has 5 heteroatoms. The van der Waals surface area contributed by atoms with Gasteiger partial charge in [-0.05, 0) is 49.1 Å². The fourth-order valence-corrected chi connectivity index (χ4v) is 4.68. The van der Waals surface area contributed by atoms with Crippen LogP contribution in [0.1, 0.15) is 64.5 Å². The molecule has 1 saturated carbocycles. The van der Waals surface area contributed by atoms with E-state index in [2.05, 4.69) is 24.3 Å². The lowest BCUT2D eigenvalue weighted by molar-refractivity contribution is 0.0598. The number of fused-ring (bicyclic) bond motifs is 1. The summed E-state index contributed by atoms with van der Waals surface area (Å²) >= 11 is 1.84. The van der Waals surface area contributed by atoms with Gasteiger partial charge in [0.15, 0.2) is 0 Å². The second-order valence-electron chi connectivity index (χ2n) is 6.91. The summed E-state index contributed by atoms with van der Waals surface area (Å²) in [5, 5.41) is 4.72. The van der Waals surface area contributed by atoms with Gasteiger partial charge in [0.2, 0.25) is 0 Å². The lowest BCUT2D eigenvalue weighted by atomic mass is 10.1. The molecule has 4 rings (SSSR count). The van der Waals surface area contributed by atoms with Crippen LogP contribution in [0, 0.1) is 0 Å². The molecule has 1 aliphatic heterocycles. The standard InChI is InChI=1S/C20H24N2O2S/c1-24-20(23)19-17(21-22-11-5-4-8-18(19)22)13-25-12-15-6-2-3-7-16(15)14-9-10-14/h2-3,6-7,14H,4-5,8-13H2,1H3. The van der Waals surface area contributed by atoms with Crippen molar-refractivity contribution in [2.24, 2.45) is 0 Å². The first-order chi connectivity index (χ1) is 12.3. The minimum Gasteiger partial charge on any atom is -0.465 e. The Kier molecular flexibility index (Phi) is 4.84. The number of aryl methyl sites for hydroxylation is 1. The van der Waals surface area contributed by atoms with Gasteiger partial charge in [0, 0.05) is 18.1 Å². The Balaban J connectivity index is 1.50. The SMILES string of the molecule is COC(=O)c1c(CSCc2ccccc2C2CC2)nn2c1CCCC2. The van der Waals surface area contributed by atoms with Crippen molar-refractivity contribution in [1.29, 1.82) is 0 Å². The number of ether oxygens (including phenoxy) is 1. The second kappa shape index (κ2) is 7.24. The van der Waals surface area contributed by atoms with Crippen LogP contribution in [0.5, 0.6) is 0 Å². The molecule has 1 aromatic heterocycles. The molecule has 132 valence electrons. The predicted octanol–water partition coefficient (Wildman–Crippen LogP) is 4.32. The van der Waals surface area contributed by atoms with Gasteiger partial charge in [0.05, 0.1) is 18.5 Å². The number of hydrogen-bond acceptors (Lipinski definition) is 4. The van der Waals surface area contributed by atoms with E-state index in [1.807, 2.05) is 16.4 Å². The summed E-state index contributed by atoms with van der Waals surface area (Å²) in [4.78, 5) is 12.3. The van der Waals surface area contributed by atoms with E-state index in [1.165, 1.54) is 31.1 Å². The smallest absolute Gasteiger partial charge is 0.341 e. The molecule has 0 N–H and O–H groups in total. The molecule has 1 aromatic carbocycles. The maximum absolute atomic E-state index is 12.3. The number of nitrogens with zero attached hydrogens (tertiary/aromatic N) is 2. The Morgan fingerprint density at radius 2 is 2.12 bits per heavy atom. The van der Waals surface area contributed by atoms with Gasteiger partial charge < -0.3 is 4.74 Å². The van der Waals surface area contributed by atoms with Gasteiger partial charge in [-0.2, -0.15) is 16.9 Å². The van der Waals surface area contributed by atoms with E-state index in [-0.39, 0.29) is 5.97 Å². The summed E-state index contributed by atoms with van der Waals surface area (Å²) in [7, 11) is 1.46. The molecule has 0 spiro atoms. The molecule has 0 radical (unpaired) electrons. The van der Waals surface area contributed by atoms with Crippen molar-refractivity contribution in [3.8, 4) is 0 Å². The quantitative estimate of drug-likeness (QED) is 0.723. The van der Waals surface area contributed by atoms with E-state index in [0.29, 0.717) is 5.56 Å². The van der Waals surface area contributed by atoms with Crippen LogP contribution in [0.4, 0.5) is 0 Å². The molecule has 2 heterocycles. The molecule has 4 nitrogen and oxygen atoms in total. The van der Waals surface area contributed by atoms with Crippen molar-refractivity contribution >= 4 is 17.7 Å². The minimum atomic E-state index is -0.239. The summed E-state index contributed by atoms with van der Waals surface area (Å²) in [6.45, 7) is 0.911. The molecule has 2 aliphatic rings. The predicted molar refractivity (Wildman–Crippen MR) is 99.9 cm³/mol. The first kappa shape index (κ1) is 16.7. The fourth-order valence-electron chi connectivity index (χ4n) is 3.70. The van der Waals surface area contributed by atoms with E-state index in [4.69, 9.17) is 9.84 Å². The number of rotatable bonds is 6. The average Bonchev–Trinajstić information content (AvgIpc) is 3.42. The third kappa shape index (κ3) is 3.47. The van der Waals surface area contributed by atoms with Gasteiger partial charge in [0.25, 0.3) is 0 Å². The summed E-state index contributed by atoms with van der Waals surface area (Å²) in [6.07, 6.45) is 5.82. The van der Waals surface area contributed by atoms with Crippen LogP contribution >= 0.6 is 11.8 Å². The van der Waals surface area contributed by atoms with Crippen LogP contribution in [0.15, 0.2) is 24.3 Å². The third-order valence-electron chi connectivity index (χ3n) is 5.12. The van der Waals surface area contributed by atoms with E-state index in [9.17, 15) is 4.79 Å². The highest BCUT2D eigenvalue weighted by atomic mass is 32.2. The average molecular weight is 356 g/mol. The van der Waals surface area contributed by atoms with Crippen LogP contribution < -0.4 is 0 Å². The van der Waals surface area contributed by atoms with Crippen LogP contribution in [-0.2, 0) is 29.2 Å². The van der Waals surface area contributed by atoms with E-state index in [0.717, 1.165) is 54.6 Å². The first-order valence-corrected chi connectivity index (χ1v) is 10.3. The van der Waals surface area contributed by atoms with Gasteiger partial charge in [-0.25, -0.2) is 4.79 Å². The number of hydrogen-bond donors (Lipinski definition) is 0. The van der Waals surface area contributed by atoms with Crippen molar-refractivity contribution in [3.05, 3.63) is 52.3 Å². The zero-order valence-corrected chi connectivity index (χ0v) is 15.5.